The molecule has 6 heteroatoms. The molecule has 3 amide bonds. The zero-order valence-electron chi connectivity index (χ0n) is 15.0. The van der Waals surface area contributed by atoms with Crippen LogP contribution in [0.2, 0.25) is 0 Å². The molecule has 0 aromatic heterocycles. The summed E-state index contributed by atoms with van der Waals surface area (Å²) in [5.41, 5.74) is 3.10. The van der Waals surface area contributed by atoms with Gasteiger partial charge in [0.25, 0.3) is 17.7 Å². The Kier molecular flexibility index (Phi) is 4.75. The fourth-order valence-electron chi connectivity index (χ4n) is 3.02. The molecule has 26 heavy (non-hydrogen) atoms. The zero-order valence-corrected chi connectivity index (χ0v) is 15.0. The van der Waals surface area contributed by atoms with Crippen molar-refractivity contribution in [1.29, 1.82) is 0 Å². The first-order valence-electron chi connectivity index (χ1n) is 8.30. The van der Waals surface area contributed by atoms with E-state index in [4.69, 9.17) is 4.74 Å². The minimum Gasteiger partial charge on any atom is -0.496 e. The van der Waals surface area contributed by atoms with Crippen LogP contribution in [0.15, 0.2) is 36.4 Å². The molecule has 0 unspecified atom stereocenters. The van der Waals surface area contributed by atoms with Crippen molar-refractivity contribution in [2.24, 2.45) is 0 Å². The largest absolute Gasteiger partial charge is 0.496 e. The Morgan fingerprint density at radius 1 is 1.08 bits per heavy atom. The number of imide groups is 1. The molecule has 0 fully saturated rings. The lowest BCUT2D eigenvalue weighted by Gasteiger charge is -2.10. The van der Waals surface area contributed by atoms with Crippen LogP contribution in [0.1, 0.15) is 42.2 Å². The topological polar surface area (TPSA) is 75.7 Å². The van der Waals surface area contributed by atoms with Gasteiger partial charge in [0.1, 0.15) is 5.75 Å². The molecule has 1 N–H and O–H groups in total. The molecule has 0 radical (unpaired) electrons. The number of nitrogens with one attached hydrogen (secondary N) is 1. The highest BCUT2D eigenvalue weighted by molar-refractivity contribution is 6.21. The Balaban J connectivity index is 1.68. The summed E-state index contributed by atoms with van der Waals surface area (Å²) >= 11 is 0. The summed E-state index contributed by atoms with van der Waals surface area (Å²) in [6.07, 6.45) is 0.627. The normalized spacial score (nSPS) is 13.0. The van der Waals surface area contributed by atoms with Gasteiger partial charge >= 0.3 is 0 Å². The molecule has 0 bridgehead atoms. The van der Waals surface area contributed by atoms with E-state index in [0.29, 0.717) is 24.1 Å². The van der Waals surface area contributed by atoms with E-state index in [2.05, 4.69) is 5.32 Å². The molecule has 0 aliphatic carbocycles. The van der Waals surface area contributed by atoms with Gasteiger partial charge in [-0.05, 0) is 43.2 Å². The van der Waals surface area contributed by atoms with Gasteiger partial charge in [-0.15, -0.1) is 0 Å². The van der Waals surface area contributed by atoms with E-state index in [-0.39, 0.29) is 23.3 Å². The number of aryl methyl sites for hydroxylation is 1. The van der Waals surface area contributed by atoms with Crippen molar-refractivity contribution in [2.45, 2.75) is 13.3 Å². The second-order valence-corrected chi connectivity index (χ2v) is 6.25. The minimum absolute atomic E-state index is 0.269. The van der Waals surface area contributed by atoms with Crippen molar-refractivity contribution in [2.75, 3.05) is 20.7 Å². The third kappa shape index (κ3) is 3.18. The summed E-state index contributed by atoms with van der Waals surface area (Å²) in [7, 11) is 3.05. The molecule has 1 aliphatic heterocycles. The maximum atomic E-state index is 12.4. The van der Waals surface area contributed by atoms with Crippen LogP contribution in [0, 0.1) is 6.92 Å². The highest BCUT2D eigenvalue weighted by Crippen LogP contribution is 2.23. The van der Waals surface area contributed by atoms with Crippen molar-refractivity contribution in [3.63, 3.8) is 0 Å². The molecular formula is C20H20N2O4. The number of benzene rings is 2. The average Bonchev–Trinajstić information content (AvgIpc) is 2.86. The Hall–Kier alpha value is -3.15. The molecule has 3 rings (SSSR count). The Morgan fingerprint density at radius 2 is 1.81 bits per heavy atom. The average molecular weight is 352 g/mol. The van der Waals surface area contributed by atoms with E-state index in [1.165, 1.54) is 19.2 Å². The summed E-state index contributed by atoms with van der Waals surface area (Å²) in [5, 5.41) is 2.84. The Morgan fingerprint density at radius 3 is 2.54 bits per heavy atom. The summed E-state index contributed by atoms with van der Waals surface area (Å²) in [5.74, 6) is -0.226. The summed E-state index contributed by atoms with van der Waals surface area (Å²) < 4.78 is 5.34. The van der Waals surface area contributed by atoms with Crippen LogP contribution >= 0.6 is 0 Å². The lowest BCUT2D eigenvalue weighted by molar-refractivity contribution is 0.0693. The van der Waals surface area contributed by atoms with Gasteiger partial charge in [0.15, 0.2) is 0 Å². The van der Waals surface area contributed by atoms with Crippen LogP contribution in [0.5, 0.6) is 5.75 Å². The maximum Gasteiger partial charge on any atom is 0.261 e. The van der Waals surface area contributed by atoms with Gasteiger partial charge in [-0.2, -0.15) is 0 Å². The van der Waals surface area contributed by atoms with E-state index in [9.17, 15) is 14.4 Å². The smallest absolute Gasteiger partial charge is 0.261 e. The molecular weight excluding hydrogens is 332 g/mol. The molecule has 6 nitrogen and oxygen atoms in total. The third-order valence-corrected chi connectivity index (χ3v) is 4.47. The lowest BCUT2D eigenvalue weighted by Crippen LogP contribution is -2.26. The van der Waals surface area contributed by atoms with E-state index >= 15 is 0 Å². The van der Waals surface area contributed by atoms with Crippen molar-refractivity contribution in [3.8, 4) is 5.75 Å². The molecule has 134 valence electrons. The number of nitrogens with zero attached hydrogens (tertiary/aromatic N) is 1. The van der Waals surface area contributed by atoms with Crippen molar-refractivity contribution >= 4 is 17.7 Å². The van der Waals surface area contributed by atoms with Crippen LogP contribution in [0.25, 0.3) is 0 Å². The third-order valence-electron chi connectivity index (χ3n) is 4.47. The number of methoxy groups -OCH3 is 1. The quantitative estimate of drug-likeness (QED) is 0.837. The Labute approximate surface area is 151 Å². The number of rotatable bonds is 5. The maximum absolute atomic E-state index is 12.4. The molecule has 0 saturated heterocycles. The first kappa shape index (κ1) is 17.7. The summed E-state index contributed by atoms with van der Waals surface area (Å²) in [6, 6.07) is 10.5. The van der Waals surface area contributed by atoms with Crippen LogP contribution in [-0.4, -0.2) is 43.3 Å². The van der Waals surface area contributed by atoms with Crippen molar-refractivity contribution in [3.05, 3.63) is 64.2 Å². The van der Waals surface area contributed by atoms with Gasteiger partial charge in [0.05, 0.1) is 18.2 Å². The number of carbonyl (C=O) groups excluding carboxylic acids is 3. The van der Waals surface area contributed by atoms with Gasteiger partial charge in [-0.1, -0.05) is 17.7 Å². The fourth-order valence-corrected chi connectivity index (χ4v) is 3.02. The first-order chi connectivity index (χ1) is 12.4. The van der Waals surface area contributed by atoms with Gasteiger partial charge in [-0.25, -0.2) is 0 Å². The number of fused-ring (bicyclic) bond motifs is 1. The van der Waals surface area contributed by atoms with E-state index in [1.54, 1.807) is 13.2 Å². The second-order valence-electron chi connectivity index (χ2n) is 6.25. The minimum atomic E-state index is -0.385. The molecule has 0 spiro atoms. The number of ether oxygens (including phenoxy) is 1. The number of hydrogen-bond acceptors (Lipinski definition) is 4. The SMILES string of the molecule is COc1ccc(C)cc1CCNC(=O)c1ccc2c(c1)C(=O)N(C)C2=O. The zero-order chi connectivity index (χ0) is 18.8. The molecule has 0 saturated carbocycles. The molecule has 0 atom stereocenters. The van der Waals surface area contributed by atoms with Gasteiger partial charge in [0.2, 0.25) is 0 Å². The predicted octanol–water partition coefficient (Wildman–Crippen LogP) is 2.20. The van der Waals surface area contributed by atoms with Crippen LogP contribution in [0.4, 0.5) is 0 Å². The second kappa shape index (κ2) is 7.00. The standard InChI is InChI=1S/C20H20N2O4/c1-12-4-7-17(26-3)13(10-12)8-9-21-18(23)14-5-6-15-16(11-14)20(25)22(2)19(15)24/h4-7,10-11H,8-9H2,1-3H3,(H,21,23). The van der Waals surface area contributed by atoms with Gasteiger partial charge in [-0.3, -0.25) is 19.3 Å². The van der Waals surface area contributed by atoms with Gasteiger partial charge < -0.3 is 10.1 Å². The number of amides is 3. The number of carbonyl (C=O) groups is 3. The van der Waals surface area contributed by atoms with E-state index < -0.39 is 0 Å². The molecule has 2 aromatic carbocycles. The van der Waals surface area contributed by atoms with Crippen molar-refractivity contribution < 1.29 is 19.1 Å². The summed E-state index contributed by atoms with van der Waals surface area (Å²) in [6.45, 7) is 2.43. The highest BCUT2D eigenvalue weighted by Gasteiger charge is 2.33. The molecule has 1 heterocycles. The molecule has 1 aliphatic rings. The van der Waals surface area contributed by atoms with Crippen LogP contribution < -0.4 is 10.1 Å². The lowest BCUT2D eigenvalue weighted by atomic mass is 10.0. The van der Waals surface area contributed by atoms with Crippen LogP contribution in [0.3, 0.4) is 0 Å². The van der Waals surface area contributed by atoms with Crippen molar-refractivity contribution in [1.82, 2.24) is 10.2 Å². The highest BCUT2D eigenvalue weighted by atomic mass is 16.5. The molecule has 2 aromatic rings. The number of hydrogen-bond donors (Lipinski definition) is 1. The van der Waals surface area contributed by atoms with E-state index in [0.717, 1.165) is 21.8 Å². The van der Waals surface area contributed by atoms with E-state index in [1.807, 2.05) is 25.1 Å². The summed E-state index contributed by atoms with van der Waals surface area (Å²) in [4.78, 5) is 37.4. The first-order valence-corrected chi connectivity index (χ1v) is 8.30. The van der Waals surface area contributed by atoms with Crippen LogP contribution in [-0.2, 0) is 6.42 Å². The Bertz CT molecular complexity index is 905. The fraction of sp³-hybridized carbons (Fsp3) is 0.250. The monoisotopic (exact) mass is 352 g/mol. The predicted molar refractivity (Wildman–Crippen MR) is 96.6 cm³/mol. The van der Waals surface area contributed by atoms with Gasteiger partial charge in [0, 0.05) is 19.2 Å².